The van der Waals surface area contributed by atoms with Crippen LogP contribution >= 0.6 is 11.3 Å². The predicted octanol–water partition coefficient (Wildman–Crippen LogP) is 5.49. The van der Waals surface area contributed by atoms with Gasteiger partial charge in [0.25, 0.3) is 5.91 Å². The van der Waals surface area contributed by atoms with E-state index in [0.717, 1.165) is 36.3 Å². The Morgan fingerprint density at radius 1 is 1.00 bits per heavy atom. The van der Waals surface area contributed by atoms with E-state index in [2.05, 4.69) is 33.6 Å². The summed E-state index contributed by atoms with van der Waals surface area (Å²) in [4.78, 5) is 36.1. The van der Waals surface area contributed by atoms with Crippen LogP contribution in [0.25, 0.3) is 0 Å². The fraction of sp³-hybridized carbons (Fsp3) is 0.200. The van der Waals surface area contributed by atoms with Crippen LogP contribution in [-0.4, -0.2) is 40.3 Å². The van der Waals surface area contributed by atoms with E-state index in [1.54, 1.807) is 35.2 Å². The van der Waals surface area contributed by atoms with E-state index in [4.69, 9.17) is 5.26 Å². The maximum absolute atomic E-state index is 13.3. The molecule has 0 bridgehead atoms. The SMILES string of the molecule is CN1CCc2nc(NC(=O)c3cccc(CN(Cc4ccccc4)C(=O)Nc4ccc(C#N)cc4)c3)sc2C1. The quantitative estimate of drug-likeness (QED) is 0.325. The van der Waals surface area contributed by atoms with E-state index < -0.39 is 0 Å². The summed E-state index contributed by atoms with van der Waals surface area (Å²) in [6.45, 7) is 2.50. The van der Waals surface area contributed by atoms with Gasteiger partial charge in [-0.25, -0.2) is 9.78 Å². The third-order valence-electron chi connectivity index (χ3n) is 6.47. The molecule has 2 heterocycles. The highest BCUT2D eigenvalue weighted by molar-refractivity contribution is 7.15. The van der Waals surface area contributed by atoms with Crippen molar-refractivity contribution in [2.24, 2.45) is 0 Å². The molecule has 4 aromatic rings. The normalized spacial score (nSPS) is 12.7. The number of anilines is 2. The van der Waals surface area contributed by atoms with Crippen LogP contribution in [0.5, 0.6) is 0 Å². The zero-order valence-electron chi connectivity index (χ0n) is 21.6. The van der Waals surface area contributed by atoms with Crippen LogP contribution in [0.15, 0.2) is 78.9 Å². The minimum Gasteiger partial charge on any atom is -0.316 e. The number of aromatic nitrogens is 1. The van der Waals surface area contributed by atoms with E-state index in [1.807, 2.05) is 48.5 Å². The van der Waals surface area contributed by atoms with Crippen LogP contribution in [-0.2, 0) is 26.1 Å². The highest BCUT2D eigenvalue weighted by atomic mass is 32.1. The maximum Gasteiger partial charge on any atom is 0.322 e. The van der Waals surface area contributed by atoms with Crippen LogP contribution in [0.3, 0.4) is 0 Å². The second-order valence-electron chi connectivity index (χ2n) is 9.49. The predicted molar refractivity (Wildman–Crippen MR) is 152 cm³/mol. The number of thiazole rings is 1. The van der Waals surface area contributed by atoms with Crippen molar-refractivity contribution >= 4 is 34.1 Å². The van der Waals surface area contributed by atoms with Crippen molar-refractivity contribution in [3.05, 3.63) is 112 Å². The number of nitrogens with zero attached hydrogens (tertiary/aromatic N) is 4. The molecule has 3 amide bonds. The molecule has 2 N–H and O–H groups in total. The first-order valence-corrected chi connectivity index (χ1v) is 13.5. The summed E-state index contributed by atoms with van der Waals surface area (Å²) >= 11 is 1.52. The van der Waals surface area contributed by atoms with Gasteiger partial charge in [-0.2, -0.15) is 5.26 Å². The number of fused-ring (bicyclic) bond motifs is 1. The zero-order valence-corrected chi connectivity index (χ0v) is 22.4. The zero-order chi connectivity index (χ0) is 27.2. The Morgan fingerprint density at radius 2 is 1.74 bits per heavy atom. The molecule has 0 unspecified atom stereocenters. The molecule has 39 heavy (non-hydrogen) atoms. The van der Waals surface area contributed by atoms with Crippen molar-refractivity contribution < 1.29 is 9.59 Å². The van der Waals surface area contributed by atoms with Crippen molar-refractivity contribution in [3.63, 3.8) is 0 Å². The lowest BCUT2D eigenvalue weighted by molar-refractivity contribution is 0.102. The highest BCUT2D eigenvalue weighted by Gasteiger charge is 2.20. The molecular weight excluding hydrogens is 508 g/mol. The Kier molecular flexibility index (Phi) is 7.96. The highest BCUT2D eigenvalue weighted by Crippen LogP contribution is 2.28. The Bertz CT molecular complexity index is 1510. The van der Waals surface area contributed by atoms with Gasteiger partial charge >= 0.3 is 6.03 Å². The number of urea groups is 1. The van der Waals surface area contributed by atoms with Crippen LogP contribution in [0.2, 0.25) is 0 Å². The molecule has 8 nitrogen and oxygen atoms in total. The van der Waals surface area contributed by atoms with Crippen LogP contribution < -0.4 is 10.6 Å². The summed E-state index contributed by atoms with van der Waals surface area (Å²) in [5.41, 5.74) is 4.50. The summed E-state index contributed by atoms with van der Waals surface area (Å²) in [6, 6.07) is 25.6. The largest absolute Gasteiger partial charge is 0.322 e. The molecule has 1 aromatic heterocycles. The Labute approximate surface area is 231 Å². The number of hydrogen-bond donors (Lipinski definition) is 2. The second-order valence-corrected chi connectivity index (χ2v) is 10.6. The average Bonchev–Trinajstić information content (AvgIpc) is 3.35. The van der Waals surface area contributed by atoms with Gasteiger partial charge in [-0.05, 0) is 54.6 Å². The Balaban J connectivity index is 1.31. The molecule has 0 saturated heterocycles. The van der Waals surface area contributed by atoms with Gasteiger partial charge in [0.2, 0.25) is 0 Å². The maximum atomic E-state index is 13.3. The first-order valence-electron chi connectivity index (χ1n) is 12.6. The number of nitrogens with one attached hydrogen (secondary N) is 2. The summed E-state index contributed by atoms with van der Waals surface area (Å²) in [5.74, 6) is -0.229. The van der Waals surface area contributed by atoms with Gasteiger partial charge in [0.05, 0.1) is 17.3 Å². The second kappa shape index (κ2) is 11.9. The monoisotopic (exact) mass is 536 g/mol. The molecule has 0 spiro atoms. The molecule has 0 radical (unpaired) electrons. The topological polar surface area (TPSA) is 101 Å². The van der Waals surface area contributed by atoms with Gasteiger partial charge in [0, 0.05) is 48.7 Å². The van der Waals surface area contributed by atoms with Gasteiger partial charge in [0.15, 0.2) is 5.13 Å². The van der Waals surface area contributed by atoms with E-state index >= 15 is 0 Å². The fourth-order valence-electron chi connectivity index (χ4n) is 4.41. The fourth-order valence-corrected chi connectivity index (χ4v) is 5.49. The van der Waals surface area contributed by atoms with Gasteiger partial charge in [0.1, 0.15) is 0 Å². The number of hydrogen-bond acceptors (Lipinski definition) is 6. The third-order valence-corrected chi connectivity index (χ3v) is 7.47. The first kappa shape index (κ1) is 26.1. The minimum atomic E-state index is -0.281. The van der Waals surface area contributed by atoms with Crippen LogP contribution in [0.4, 0.5) is 15.6 Å². The number of nitriles is 1. The van der Waals surface area contributed by atoms with Crippen molar-refractivity contribution in [2.75, 3.05) is 24.2 Å². The lowest BCUT2D eigenvalue weighted by atomic mass is 10.1. The molecule has 196 valence electrons. The lowest BCUT2D eigenvalue weighted by Crippen LogP contribution is -2.34. The summed E-state index contributed by atoms with van der Waals surface area (Å²) < 4.78 is 0. The molecule has 0 fully saturated rings. The van der Waals surface area contributed by atoms with Crippen LogP contribution in [0.1, 0.15) is 37.6 Å². The number of carbonyl (C=O) groups excluding carboxylic acids is 2. The van der Waals surface area contributed by atoms with Gasteiger partial charge in [-0.1, -0.05) is 42.5 Å². The number of rotatable bonds is 7. The standard InChI is InChI=1S/C30H28N6O2S/c1-35-15-14-26-27(20-35)39-29(33-26)34-28(37)24-9-5-8-23(16-24)19-36(18-22-6-3-2-4-7-22)30(38)32-25-12-10-21(17-31)11-13-25/h2-13,16H,14-15,18-20H2,1H3,(H,32,38)(H,33,34,37). The Hall–Kier alpha value is -4.52. The molecule has 0 saturated carbocycles. The molecule has 0 aliphatic carbocycles. The van der Waals surface area contributed by atoms with Crippen molar-refractivity contribution in [1.29, 1.82) is 5.26 Å². The van der Waals surface area contributed by atoms with E-state index in [1.165, 1.54) is 16.2 Å². The number of likely N-dealkylation sites (N-methyl/N-ethyl adjacent to an activating group) is 1. The van der Waals surface area contributed by atoms with E-state index in [-0.39, 0.29) is 11.9 Å². The Morgan fingerprint density at radius 3 is 2.51 bits per heavy atom. The molecule has 9 heteroatoms. The summed E-state index contributed by atoms with van der Waals surface area (Å²) in [5, 5.41) is 15.5. The summed E-state index contributed by atoms with van der Waals surface area (Å²) in [7, 11) is 2.08. The molecule has 5 rings (SSSR count). The van der Waals surface area contributed by atoms with Gasteiger partial charge < -0.3 is 15.1 Å². The van der Waals surface area contributed by atoms with Crippen molar-refractivity contribution in [2.45, 2.75) is 26.1 Å². The number of carbonyl (C=O) groups is 2. The third kappa shape index (κ3) is 6.68. The smallest absolute Gasteiger partial charge is 0.316 e. The minimum absolute atomic E-state index is 0.229. The molecular formula is C30H28N6O2S. The first-order chi connectivity index (χ1) is 19.0. The molecule has 1 aliphatic rings. The molecule has 3 aromatic carbocycles. The van der Waals surface area contributed by atoms with Gasteiger partial charge in [-0.15, -0.1) is 11.3 Å². The van der Waals surface area contributed by atoms with Gasteiger partial charge in [-0.3, -0.25) is 10.1 Å². The molecule has 0 atom stereocenters. The molecule has 1 aliphatic heterocycles. The summed E-state index contributed by atoms with van der Waals surface area (Å²) in [6.07, 6.45) is 0.884. The number of amides is 3. The number of benzene rings is 3. The van der Waals surface area contributed by atoms with Crippen molar-refractivity contribution in [3.8, 4) is 6.07 Å². The average molecular weight is 537 g/mol. The van der Waals surface area contributed by atoms with E-state index in [0.29, 0.717) is 35.0 Å². The van der Waals surface area contributed by atoms with Crippen molar-refractivity contribution in [1.82, 2.24) is 14.8 Å². The van der Waals surface area contributed by atoms with Crippen LogP contribution in [0, 0.1) is 11.3 Å². The lowest BCUT2D eigenvalue weighted by Gasteiger charge is -2.24. The van der Waals surface area contributed by atoms with E-state index in [9.17, 15) is 9.59 Å².